The summed E-state index contributed by atoms with van der Waals surface area (Å²) >= 11 is 0. The first-order valence-corrected chi connectivity index (χ1v) is 6.76. The molecule has 0 bridgehead atoms. The van der Waals surface area contributed by atoms with Gasteiger partial charge in [0.25, 0.3) is 0 Å². The van der Waals surface area contributed by atoms with Crippen LogP contribution < -0.4 is 0 Å². The van der Waals surface area contributed by atoms with E-state index in [1.54, 1.807) is 0 Å². The fourth-order valence-corrected chi connectivity index (χ4v) is 3.19. The first-order chi connectivity index (χ1) is 8.21. The molecule has 18 heavy (non-hydrogen) atoms. The van der Waals surface area contributed by atoms with Gasteiger partial charge in [-0.25, -0.2) is 0 Å². The predicted molar refractivity (Wildman–Crippen MR) is 72.3 cm³/mol. The smallest absolute Gasteiger partial charge is 0.143 e. The molecule has 1 saturated carbocycles. The van der Waals surface area contributed by atoms with Crippen molar-refractivity contribution in [3.05, 3.63) is 17.5 Å². The van der Waals surface area contributed by atoms with Crippen LogP contribution in [-0.2, 0) is 24.7 Å². The molecule has 0 aromatic carbocycles. The Morgan fingerprint density at radius 1 is 1.33 bits per heavy atom. The van der Waals surface area contributed by atoms with E-state index in [2.05, 4.69) is 45.8 Å². The Kier molecular flexibility index (Phi) is 2.91. The van der Waals surface area contributed by atoms with Gasteiger partial charge in [-0.15, -0.1) is 0 Å². The zero-order valence-electron chi connectivity index (χ0n) is 12.4. The highest BCUT2D eigenvalue weighted by Crippen LogP contribution is 2.68. The third-order valence-electron chi connectivity index (χ3n) is 5.09. The second-order valence-corrected chi connectivity index (χ2v) is 6.62. The molecule has 0 amide bonds. The molecule has 2 rings (SSSR count). The summed E-state index contributed by atoms with van der Waals surface area (Å²) in [4.78, 5) is 12.4. The maximum Gasteiger partial charge on any atom is 0.143 e. The summed E-state index contributed by atoms with van der Waals surface area (Å²) in [7, 11) is 1.92. The number of hydrogen-bond donors (Lipinski definition) is 0. The second kappa shape index (κ2) is 3.94. The average Bonchev–Trinajstić information content (AvgIpc) is 2.54. The highest BCUT2D eigenvalue weighted by molar-refractivity contribution is 5.87. The van der Waals surface area contributed by atoms with E-state index in [0.29, 0.717) is 12.2 Å². The number of hydrogen-bond acceptors (Lipinski definition) is 2. The second-order valence-electron chi connectivity index (χ2n) is 6.62. The number of ketones is 1. The molecule has 1 fully saturated rings. The first-order valence-electron chi connectivity index (χ1n) is 6.76. The molecular formula is C15H24N2O. The molecule has 0 spiro atoms. The van der Waals surface area contributed by atoms with Gasteiger partial charge in [0, 0.05) is 25.1 Å². The summed E-state index contributed by atoms with van der Waals surface area (Å²) in [5.74, 6) is 0.542. The van der Waals surface area contributed by atoms with E-state index < -0.39 is 0 Å². The fourth-order valence-electron chi connectivity index (χ4n) is 3.19. The van der Waals surface area contributed by atoms with Gasteiger partial charge in [-0.1, -0.05) is 34.6 Å². The minimum absolute atomic E-state index is 0.135. The molecule has 1 aromatic rings. The number of rotatable bonds is 4. The largest absolute Gasteiger partial charge is 0.299 e. The van der Waals surface area contributed by atoms with Gasteiger partial charge in [0.2, 0.25) is 0 Å². The zero-order valence-corrected chi connectivity index (χ0v) is 12.4. The highest BCUT2D eigenvalue weighted by atomic mass is 16.1. The first kappa shape index (κ1) is 13.3. The number of aromatic nitrogens is 2. The van der Waals surface area contributed by atoms with Gasteiger partial charge in [0.15, 0.2) is 0 Å². The average molecular weight is 248 g/mol. The molecule has 0 unspecified atom stereocenters. The van der Waals surface area contributed by atoms with Gasteiger partial charge in [-0.05, 0) is 23.3 Å². The number of Topliss-reactive ketones (excluding diaryl/α,β-unsaturated/α-hetero) is 1. The molecule has 0 radical (unpaired) electrons. The maximum atomic E-state index is 12.4. The minimum Gasteiger partial charge on any atom is -0.299 e. The van der Waals surface area contributed by atoms with Gasteiger partial charge < -0.3 is 0 Å². The summed E-state index contributed by atoms with van der Waals surface area (Å²) in [6.45, 7) is 10.8. The van der Waals surface area contributed by atoms with Crippen molar-refractivity contribution in [3.8, 4) is 0 Å². The Hall–Kier alpha value is -1.12. The standard InChI is InChI=1S/C15H24N2O/c1-7-10-8-11(17(6)16-10)9-12(18)13-14(2,3)15(13,4)5/h8,13H,7,9H2,1-6H3. The lowest BCUT2D eigenvalue weighted by atomic mass is 10.0. The molecule has 1 heterocycles. The van der Waals surface area contributed by atoms with E-state index in [4.69, 9.17) is 0 Å². The van der Waals surface area contributed by atoms with Crippen molar-refractivity contribution in [1.82, 2.24) is 9.78 Å². The number of nitrogens with zero attached hydrogens (tertiary/aromatic N) is 2. The Labute approximate surface area is 110 Å². The Morgan fingerprint density at radius 3 is 2.28 bits per heavy atom. The zero-order chi connectivity index (χ0) is 13.7. The van der Waals surface area contributed by atoms with Gasteiger partial charge in [-0.2, -0.15) is 5.10 Å². The monoisotopic (exact) mass is 248 g/mol. The molecule has 3 heteroatoms. The van der Waals surface area contributed by atoms with E-state index in [0.717, 1.165) is 17.8 Å². The molecule has 1 aliphatic rings. The molecule has 100 valence electrons. The SMILES string of the molecule is CCc1cc(CC(=O)C2C(C)(C)C2(C)C)n(C)n1. The lowest BCUT2D eigenvalue weighted by Crippen LogP contribution is -2.12. The molecular weight excluding hydrogens is 224 g/mol. The van der Waals surface area contributed by atoms with Crippen LogP contribution >= 0.6 is 0 Å². The minimum atomic E-state index is 0.135. The lowest BCUT2D eigenvalue weighted by molar-refractivity contribution is -0.120. The van der Waals surface area contributed by atoms with Crippen LogP contribution in [0.2, 0.25) is 0 Å². The summed E-state index contributed by atoms with van der Waals surface area (Å²) in [5.41, 5.74) is 2.37. The van der Waals surface area contributed by atoms with Crippen molar-refractivity contribution >= 4 is 5.78 Å². The fraction of sp³-hybridized carbons (Fsp3) is 0.733. The van der Waals surface area contributed by atoms with Crippen LogP contribution in [0.3, 0.4) is 0 Å². The Bertz CT molecular complexity index is 469. The lowest BCUT2D eigenvalue weighted by Gasteiger charge is -2.03. The van der Waals surface area contributed by atoms with Crippen molar-refractivity contribution < 1.29 is 4.79 Å². The van der Waals surface area contributed by atoms with Gasteiger partial charge in [0.05, 0.1) is 5.69 Å². The van der Waals surface area contributed by atoms with Gasteiger partial charge in [-0.3, -0.25) is 9.48 Å². The van der Waals surface area contributed by atoms with Crippen molar-refractivity contribution in [2.24, 2.45) is 23.8 Å². The summed E-state index contributed by atoms with van der Waals surface area (Å²) < 4.78 is 1.85. The number of carbonyl (C=O) groups is 1. The van der Waals surface area contributed by atoms with Crippen LogP contribution in [0.4, 0.5) is 0 Å². The van der Waals surface area contributed by atoms with E-state index in [1.807, 2.05) is 11.7 Å². The highest BCUT2D eigenvalue weighted by Gasteiger charge is 2.67. The van der Waals surface area contributed by atoms with Crippen LogP contribution in [-0.4, -0.2) is 15.6 Å². The van der Waals surface area contributed by atoms with Crippen molar-refractivity contribution in [1.29, 1.82) is 0 Å². The third kappa shape index (κ3) is 1.80. The maximum absolute atomic E-state index is 12.4. The predicted octanol–water partition coefficient (Wildman–Crippen LogP) is 2.78. The molecule has 0 atom stereocenters. The van der Waals surface area contributed by atoms with Crippen molar-refractivity contribution in [2.45, 2.75) is 47.5 Å². The quantitative estimate of drug-likeness (QED) is 0.821. The molecule has 0 saturated heterocycles. The normalized spacial score (nSPS) is 21.0. The summed E-state index contributed by atoms with van der Waals surface area (Å²) in [6.07, 6.45) is 1.43. The Morgan fingerprint density at radius 2 is 1.89 bits per heavy atom. The van der Waals surface area contributed by atoms with Crippen LogP contribution in [0.5, 0.6) is 0 Å². The number of aryl methyl sites for hydroxylation is 2. The molecule has 1 aromatic heterocycles. The van der Waals surface area contributed by atoms with Crippen LogP contribution in [0.25, 0.3) is 0 Å². The Balaban J connectivity index is 2.11. The van der Waals surface area contributed by atoms with Gasteiger partial charge in [0.1, 0.15) is 5.78 Å². The molecule has 0 aliphatic heterocycles. The molecule has 0 N–H and O–H groups in total. The third-order valence-corrected chi connectivity index (χ3v) is 5.09. The summed E-state index contributed by atoms with van der Waals surface area (Å²) in [5, 5.41) is 4.40. The van der Waals surface area contributed by atoms with Crippen LogP contribution in [0.15, 0.2) is 6.07 Å². The van der Waals surface area contributed by atoms with Crippen molar-refractivity contribution in [3.63, 3.8) is 0 Å². The van der Waals surface area contributed by atoms with E-state index >= 15 is 0 Å². The molecule has 3 nitrogen and oxygen atoms in total. The van der Waals surface area contributed by atoms with Crippen LogP contribution in [0.1, 0.15) is 46.0 Å². The summed E-state index contributed by atoms with van der Waals surface area (Å²) in [6, 6.07) is 2.06. The van der Waals surface area contributed by atoms with Crippen LogP contribution in [0, 0.1) is 16.7 Å². The van der Waals surface area contributed by atoms with Crippen molar-refractivity contribution in [2.75, 3.05) is 0 Å². The van der Waals surface area contributed by atoms with E-state index in [9.17, 15) is 4.79 Å². The van der Waals surface area contributed by atoms with E-state index in [1.165, 1.54) is 0 Å². The van der Waals surface area contributed by atoms with E-state index in [-0.39, 0.29) is 16.7 Å². The molecule has 1 aliphatic carbocycles. The van der Waals surface area contributed by atoms with Gasteiger partial charge >= 0.3 is 0 Å². The number of carbonyl (C=O) groups excluding carboxylic acids is 1. The topological polar surface area (TPSA) is 34.9 Å².